The highest BCUT2D eigenvalue weighted by Gasteiger charge is 2.33. The number of carbonyl (C=O) groups excluding carboxylic acids is 2. The molecule has 1 heterocycles. The quantitative estimate of drug-likeness (QED) is 0.573. The molecule has 2 aromatic carbocycles. The lowest BCUT2D eigenvalue weighted by Gasteiger charge is -2.23. The Hall–Kier alpha value is -3.78. The lowest BCUT2D eigenvalue weighted by Crippen LogP contribution is -2.47. The number of benzene rings is 2. The van der Waals surface area contributed by atoms with Crippen LogP contribution in [0.4, 0.5) is 0 Å². The summed E-state index contributed by atoms with van der Waals surface area (Å²) in [5.74, 6) is 1.39. The smallest absolute Gasteiger partial charge is 0.494 e. The number of ether oxygens (including phenoxy) is 2. The second-order valence-corrected chi connectivity index (χ2v) is 9.45. The molecule has 0 N–H and O–H groups in total. The molecule has 1 aliphatic carbocycles. The van der Waals surface area contributed by atoms with Gasteiger partial charge in [0.25, 0.3) is 0 Å². The van der Waals surface area contributed by atoms with Gasteiger partial charge in [-0.3, -0.25) is 14.5 Å². The minimum Gasteiger partial charge on any atom is -0.494 e. The van der Waals surface area contributed by atoms with E-state index in [1.165, 1.54) is 0 Å². The van der Waals surface area contributed by atoms with E-state index in [2.05, 4.69) is 12.7 Å². The number of rotatable bonds is 5. The highest BCUT2D eigenvalue weighted by Crippen LogP contribution is 2.29. The normalized spacial score (nSPS) is 21.7. The molecule has 1 saturated heterocycles. The Morgan fingerprint density at radius 2 is 1.65 bits per heavy atom. The number of hydrogen-bond donors (Lipinski definition) is 0. The number of para-hydroxylation sites is 1. The van der Waals surface area contributed by atoms with Gasteiger partial charge < -0.3 is 18.8 Å². The number of aryl methyl sites for hydroxylation is 2. The van der Waals surface area contributed by atoms with Gasteiger partial charge in [0.2, 0.25) is 0 Å². The summed E-state index contributed by atoms with van der Waals surface area (Å²) in [6, 6.07) is 13.2. The lowest BCUT2D eigenvalue weighted by atomic mass is 9.78. The maximum Gasteiger partial charge on any atom is 0.636 e. The summed E-state index contributed by atoms with van der Waals surface area (Å²) in [6.07, 6.45) is 8.17. The van der Waals surface area contributed by atoms with Crippen LogP contribution in [0.3, 0.4) is 0 Å². The molecule has 192 valence electrons. The zero-order valence-corrected chi connectivity index (χ0v) is 21.6. The van der Waals surface area contributed by atoms with Gasteiger partial charge in [0.15, 0.2) is 0 Å². The fourth-order valence-electron chi connectivity index (χ4n) is 4.23. The van der Waals surface area contributed by atoms with Gasteiger partial charge in [-0.15, -0.1) is 0 Å². The summed E-state index contributed by atoms with van der Waals surface area (Å²) < 4.78 is 23.2. The number of nitrogens with zero attached hydrogens (tertiary/aromatic N) is 1. The van der Waals surface area contributed by atoms with Crippen LogP contribution in [0.25, 0.3) is 0 Å². The van der Waals surface area contributed by atoms with E-state index in [0.717, 1.165) is 47.5 Å². The van der Waals surface area contributed by atoms with E-state index in [4.69, 9.17) is 18.8 Å². The van der Waals surface area contributed by atoms with Gasteiger partial charge in [0, 0.05) is 11.9 Å². The molecule has 1 atom stereocenters. The standard InChI is InChI=1S/C29H32BNO6/c1-20-12-15-24(10-5-6-11-26(20)35-29-21(2)8-7-9-22(29)3)34-25-16-13-23(14-17-25)30-36-27(32)18-31(4)19-28(33)37-30/h5-9,11,13-14,16-17,24H,1,10,12,15,18-19H2,2-4H3/b6-5-,26-11+/t24-/m0/s1. The molecule has 8 heteroatoms. The summed E-state index contributed by atoms with van der Waals surface area (Å²) in [4.78, 5) is 25.6. The SMILES string of the molecule is C=C1CC[C@@H](Oc2ccc(B3OC(=O)CN(C)CC(=O)O3)cc2)C/C=C\C=C/1Oc1c(C)cccc1C. The molecule has 37 heavy (non-hydrogen) atoms. The van der Waals surface area contributed by atoms with Crippen molar-refractivity contribution in [3.63, 3.8) is 0 Å². The van der Waals surface area contributed by atoms with Crippen LogP contribution >= 0.6 is 0 Å². The van der Waals surface area contributed by atoms with Crippen LogP contribution in [0.5, 0.6) is 11.5 Å². The first kappa shape index (κ1) is 26.3. The first-order valence-corrected chi connectivity index (χ1v) is 12.4. The van der Waals surface area contributed by atoms with Crippen molar-refractivity contribution >= 4 is 24.5 Å². The molecular formula is C29H32BNO6. The average molecular weight is 501 g/mol. The fourth-order valence-corrected chi connectivity index (χ4v) is 4.23. The van der Waals surface area contributed by atoms with E-state index in [-0.39, 0.29) is 19.2 Å². The van der Waals surface area contributed by atoms with Crippen LogP contribution in [0.2, 0.25) is 0 Å². The highest BCUT2D eigenvalue weighted by atomic mass is 16.6. The van der Waals surface area contributed by atoms with Crippen molar-refractivity contribution in [2.24, 2.45) is 0 Å². The van der Waals surface area contributed by atoms with Gasteiger partial charge in [-0.2, -0.15) is 0 Å². The molecule has 0 spiro atoms. The fraction of sp³-hybridized carbons (Fsp3) is 0.310. The van der Waals surface area contributed by atoms with E-state index >= 15 is 0 Å². The summed E-state index contributed by atoms with van der Waals surface area (Å²) in [7, 11) is 0.590. The Morgan fingerprint density at radius 1 is 1.00 bits per heavy atom. The molecule has 1 fully saturated rings. The Bertz CT molecular complexity index is 1180. The molecule has 0 bridgehead atoms. The molecule has 0 unspecified atom stereocenters. The molecule has 2 aliphatic rings. The van der Waals surface area contributed by atoms with Crippen LogP contribution in [-0.4, -0.2) is 50.2 Å². The van der Waals surface area contributed by atoms with Crippen LogP contribution in [-0.2, 0) is 18.9 Å². The third-order valence-electron chi connectivity index (χ3n) is 6.25. The first-order chi connectivity index (χ1) is 17.8. The largest absolute Gasteiger partial charge is 0.636 e. The summed E-state index contributed by atoms with van der Waals surface area (Å²) in [5, 5.41) is 0. The number of allylic oxidation sites excluding steroid dienone is 3. The molecule has 0 aromatic heterocycles. The summed E-state index contributed by atoms with van der Waals surface area (Å²) >= 11 is 0. The summed E-state index contributed by atoms with van der Waals surface area (Å²) in [5.41, 5.74) is 3.65. The van der Waals surface area contributed by atoms with Crippen LogP contribution in [0, 0.1) is 13.8 Å². The van der Waals surface area contributed by atoms with Crippen molar-refractivity contribution in [1.29, 1.82) is 0 Å². The molecular weight excluding hydrogens is 469 g/mol. The van der Waals surface area contributed by atoms with Crippen LogP contribution in [0.1, 0.15) is 30.4 Å². The van der Waals surface area contributed by atoms with Crippen molar-refractivity contribution in [1.82, 2.24) is 4.90 Å². The van der Waals surface area contributed by atoms with E-state index in [1.54, 1.807) is 36.2 Å². The predicted molar refractivity (Wildman–Crippen MR) is 143 cm³/mol. The Kier molecular flexibility index (Phi) is 8.51. The van der Waals surface area contributed by atoms with E-state index in [1.807, 2.05) is 44.2 Å². The van der Waals surface area contributed by atoms with Crippen molar-refractivity contribution in [2.75, 3.05) is 20.1 Å². The number of hydrogen-bond acceptors (Lipinski definition) is 7. The monoisotopic (exact) mass is 501 g/mol. The van der Waals surface area contributed by atoms with Gasteiger partial charge >= 0.3 is 19.1 Å². The van der Waals surface area contributed by atoms with E-state index in [0.29, 0.717) is 11.2 Å². The predicted octanol–water partition coefficient (Wildman–Crippen LogP) is 4.04. The first-order valence-electron chi connectivity index (χ1n) is 12.4. The molecule has 0 radical (unpaired) electrons. The minimum absolute atomic E-state index is 0.0272. The molecule has 7 nitrogen and oxygen atoms in total. The van der Waals surface area contributed by atoms with Gasteiger partial charge in [-0.25, -0.2) is 0 Å². The molecule has 0 amide bonds. The van der Waals surface area contributed by atoms with Crippen molar-refractivity contribution in [3.8, 4) is 11.5 Å². The van der Waals surface area contributed by atoms with Gasteiger partial charge in [-0.1, -0.05) is 49.1 Å². The van der Waals surface area contributed by atoms with E-state index in [9.17, 15) is 9.59 Å². The van der Waals surface area contributed by atoms with Gasteiger partial charge in [0.05, 0.1) is 13.1 Å². The maximum atomic E-state index is 12.0. The van der Waals surface area contributed by atoms with Crippen LogP contribution < -0.4 is 14.9 Å². The third-order valence-corrected chi connectivity index (χ3v) is 6.25. The Labute approximate surface area is 218 Å². The number of likely N-dealkylation sites (N-methyl/N-ethyl adjacent to an activating group) is 1. The minimum atomic E-state index is -1.07. The lowest BCUT2D eigenvalue weighted by molar-refractivity contribution is -0.145. The van der Waals surface area contributed by atoms with Crippen molar-refractivity contribution in [2.45, 2.75) is 39.2 Å². The second-order valence-electron chi connectivity index (χ2n) is 9.45. The van der Waals surface area contributed by atoms with Gasteiger partial charge in [-0.05, 0) is 68.6 Å². The zero-order chi connectivity index (χ0) is 26.4. The Balaban J connectivity index is 1.37. The van der Waals surface area contributed by atoms with E-state index < -0.39 is 19.1 Å². The molecule has 2 aromatic rings. The highest BCUT2D eigenvalue weighted by molar-refractivity contribution is 6.64. The topological polar surface area (TPSA) is 74.3 Å². The molecule has 0 saturated carbocycles. The zero-order valence-electron chi connectivity index (χ0n) is 21.6. The molecule has 4 rings (SSSR count). The summed E-state index contributed by atoms with van der Waals surface area (Å²) in [6.45, 7) is 8.39. The third kappa shape index (κ3) is 7.14. The van der Waals surface area contributed by atoms with Crippen LogP contribution in [0.15, 0.2) is 78.6 Å². The molecule has 1 aliphatic heterocycles. The van der Waals surface area contributed by atoms with Gasteiger partial charge in [0.1, 0.15) is 23.4 Å². The maximum absolute atomic E-state index is 12.0. The van der Waals surface area contributed by atoms with Crippen molar-refractivity contribution in [3.05, 3.63) is 89.7 Å². The second kappa shape index (κ2) is 12.0. The Morgan fingerprint density at radius 3 is 2.30 bits per heavy atom. The van der Waals surface area contributed by atoms with Crippen molar-refractivity contribution < 1.29 is 28.4 Å². The average Bonchev–Trinajstić information content (AvgIpc) is 2.92. The number of carbonyl (C=O) groups is 2.